The van der Waals surface area contributed by atoms with E-state index >= 15 is 0 Å². The number of pyridine rings is 1. The molecule has 156 valence electrons. The van der Waals surface area contributed by atoms with Crippen LogP contribution < -0.4 is 21.7 Å². The van der Waals surface area contributed by atoms with Crippen molar-refractivity contribution in [2.45, 2.75) is 38.8 Å². The number of anilines is 3. The Bertz CT molecular complexity index is 1130. The molecule has 0 amide bonds. The molecule has 1 saturated heterocycles. The number of nitrogen functional groups attached to an aromatic ring is 1. The number of aromatic nitrogens is 4. The largest absolute Gasteiger partial charge is 0.368 e. The number of nitrogens with zero attached hydrogens (tertiary/aromatic N) is 6. The van der Waals surface area contributed by atoms with E-state index in [0.29, 0.717) is 17.1 Å². The number of hydrogen-bond acceptors (Lipinski definition) is 8. The normalized spacial score (nSPS) is 17.7. The SMILES string of the molecule is Cc1nc(N)nc(N[C@@H](C)c2nc3ccn(C)c3cc2N2CCC[C@@H](N)C2)c1C#N. The summed E-state index contributed by atoms with van der Waals surface area (Å²) >= 11 is 0. The van der Waals surface area contributed by atoms with E-state index in [1.165, 1.54) is 0 Å². The standard InChI is InChI=1S/C21H27N9/c1-12-15(10-22)20(28-21(24)26-12)25-13(2)19-18(30-7-4-5-14(23)11-30)9-17-16(27-19)6-8-29(17)3/h6,8-9,13-14H,4-5,7,11,23H2,1-3H3,(H3,24,25,26,28)/t13-,14+/m0/s1. The van der Waals surface area contributed by atoms with Crippen LogP contribution in [-0.4, -0.2) is 38.7 Å². The molecule has 0 aliphatic carbocycles. The molecule has 1 aliphatic rings. The molecule has 1 aliphatic heterocycles. The van der Waals surface area contributed by atoms with E-state index in [2.05, 4.69) is 36.9 Å². The zero-order valence-electron chi connectivity index (χ0n) is 17.6. The molecule has 1 fully saturated rings. The average Bonchev–Trinajstić information content (AvgIpc) is 3.07. The minimum atomic E-state index is -0.205. The first-order valence-corrected chi connectivity index (χ1v) is 10.1. The van der Waals surface area contributed by atoms with E-state index in [1.807, 2.05) is 26.2 Å². The predicted molar refractivity (Wildman–Crippen MR) is 118 cm³/mol. The molecule has 30 heavy (non-hydrogen) atoms. The van der Waals surface area contributed by atoms with Gasteiger partial charge in [-0.15, -0.1) is 0 Å². The van der Waals surface area contributed by atoms with Gasteiger partial charge in [0, 0.05) is 32.4 Å². The van der Waals surface area contributed by atoms with Gasteiger partial charge in [-0.2, -0.15) is 10.2 Å². The Morgan fingerprint density at radius 2 is 2.13 bits per heavy atom. The quantitative estimate of drug-likeness (QED) is 0.601. The third-order valence-corrected chi connectivity index (χ3v) is 5.66. The number of piperidine rings is 1. The summed E-state index contributed by atoms with van der Waals surface area (Å²) in [4.78, 5) is 15.6. The number of hydrogen-bond donors (Lipinski definition) is 3. The fourth-order valence-electron chi connectivity index (χ4n) is 4.10. The lowest BCUT2D eigenvalue weighted by Gasteiger charge is -2.34. The van der Waals surface area contributed by atoms with Crippen molar-refractivity contribution in [1.82, 2.24) is 19.5 Å². The monoisotopic (exact) mass is 405 g/mol. The zero-order valence-corrected chi connectivity index (χ0v) is 17.6. The van der Waals surface area contributed by atoms with Crippen molar-refractivity contribution in [3.8, 4) is 6.07 Å². The summed E-state index contributed by atoms with van der Waals surface area (Å²) in [7, 11) is 2.02. The smallest absolute Gasteiger partial charge is 0.222 e. The number of nitrogens with two attached hydrogens (primary N) is 2. The van der Waals surface area contributed by atoms with Crippen molar-refractivity contribution in [3.63, 3.8) is 0 Å². The van der Waals surface area contributed by atoms with Crippen LogP contribution in [0.5, 0.6) is 0 Å². The minimum Gasteiger partial charge on any atom is -0.368 e. The Kier molecular flexibility index (Phi) is 5.18. The zero-order chi connectivity index (χ0) is 21.4. The predicted octanol–water partition coefficient (Wildman–Crippen LogP) is 2.23. The van der Waals surface area contributed by atoms with Gasteiger partial charge in [0.25, 0.3) is 0 Å². The molecule has 2 atom stereocenters. The van der Waals surface area contributed by atoms with Crippen LogP contribution in [0.3, 0.4) is 0 Å². The second-order valence-electron chi connectivity index (χ2n) is 7.94. The van der Waals surface area contributed by atoms with Crippen LogP contribution in [-0.2, 0) is 7.05 Å². The van der Waals surface area contributed by atoms with Gasteiger partial charge in [0.05, 0.1) is 34.2 Å². The summed E-state index contributed by atoms with van der Waals surface area (Å²) < 4.78 is 2.07. The number of fused-ring (bicyclic) bond motifs is 1. The molecule has 0 radical (unpaired) electrons. The molecular weight excluding hydrogens is 378 g/mol. The van der Waals surface area contributed by atoms with E-state index in [-0.39, 0.29) is 18.0 Å². The van der Waals surface area contributed by atoms with Crippen LogP contribution in [0, 0.1) is 18.3 Å². The molecule has 0 saturated carbocycles. The van der Waals surface area contributed by atoms with E-state index in [9.17, 15) is 5.26 Å². The third-order valence-electron chi connectivity index (χ3n) is 5.66. The lowest BCUT2D eigenvalue weighted by atomic mass is 10.0. The Labute approximate surface area is 175 Å². The summed E-state index contributed by atoms with van der Waals surface area (Å²) in [5.74, 6) is 0.557. The average molecular weight is 406 g/mol. The first-order chi connectivity index (χ1) is 14.4. The maximum atomic E-state index is 9.55. The van der Waals surface area contributed by atoms with Crippen molar-refractivity contribution in [1.29, 1.82) is 5.26 Å². The summed E-state index contributed by atoms with van der Waals surface area (Å²) in [5, 5.41) is 12.9. The lowest BCUT2D eigenvalue weighted by molar-refractivity contribution is 0.504. The summed E-state index contributed by atoms with van der Waals surface area (Å²) in [6.07, 6.45) is 4.09. The molecule has 9 nitrogen and oxygen atoms in total. The van der Waals surface area contributed by atoms with Crippen molar-refractivity contribution >= 4 is 28.5 Å². The van der Waals surface area contributed by atoms with Gasteiger partial charge in [0.2, 0.25) is 5.95 Å². The van der Waals surface area contributed by atoms with Gasteiger partial charge < -0.3 is 26.3 Å². The third kappa shape index (κ3) is 3.62. The molecule has 9 heteroatoms. The molecule has 3 aromatic rings. The lowest BCUT2D eigenvalue weighted by Crippen LogP contribution is -2.43. The fourth-order valence-corrected chi connectivity index (χ4v) is 4.10. The number of nitriles is 1. The van der Waals surface area contributed by atoms with Gasteiger partial charge in [-0.3, -0.25) is 0 Å². The van der Waals surface area contributed by atoms with Gasteiger partial charge in [0.1, 0.15) is 17.5 Å². The summed E-state index contributed by atoms with van der Waals surface area (Å²) in [6.45, 7) is 5.49. The molecular formula is C21H27N9. The van der Waals surface area contributed by atoms with E-state index in [1.54, 1.807) is 6.92 Å². The fraction of sp³-hybridized carbons (Fsp3) is 0.429. The maximum Gasteiger partial charge on any atom is 0.222 e. The van der Waals surface area contributed by atoms with Crippen LogP contribution in [0.4, 0.5) is 17.5 Å². The van der Waals surface area contributed by atoms with Crippen molar-refractivity contribution in [3.05, 3.63) is 35.3 Å². The highest BCUT2D eigenvalue weighted by molar-refractivity contribution is 5.81. The first kappa shape index (κ1) is 19.9. The van der Waals surface area contributed by atoms with Crippen molar-refractivity contribution < 1.29 is 0 Å². The minimum absolute atomic E-state index is 0.134. The van der Waals surface area contributed by atoms with Crippen LogP contribution in [0.15, 0.2) is 18.3 Å². The highest BCUT2D eigenvalue weighted by Gasteiger charge is 2.24. The Morgan fingerprint density at radius 3 is 2.87 bits per heavy atom. The number of nitrogens with one attached hydrogen (secondary N) is 1. The van der Waals surface area contributed by atoms with E-state index in [0.717, 1.165) is 48.3 Å². The number of rotatable bonds is 4. The van der Waals surface area contributed by atoms with Gasteiger partial charge in [-0.1, -0.05) is 0 Å². The molecule has 0 aromatic carbocycles. The van der Waals surface area contributed by atoms with Crippen LogP contribution in [0.2, 0.25) is 0 Å². The second-order valence-corrected chi connectivity index (χ2v) is 7.94. The molecule has 5 N–H and O–H groups in total. The molecule has 0 bridgehead atoms. The van der Waals surface area contributed by atoms with Crippen molar-refractivity contribution in [2.75, 3.05) is 29.0 Å². The molecule has 3 aromatic heterocycles. The Balaban J connectivity index is 1.77. The molecule has 0 spiro atoms. The topological polar surface area (TPSA) is 135 Å². The summed E-state index contributed by atoms with van der Waals surface area (Å²) in [6, 6.07) is 6.30. The number of aryl methyl sites for hydroxylation is 2. The van der Waals surface area contributed by atoms with Gasteiger partial charge in [-0.05, 0) is 38.8 Å². The molecule has 0 unspecified atom stereocenters. The van der Waals surface area contributed by atoms with Crippen LogP contribution in [0.25, 0.3) is 11.0 Å². The van der Waals surface area contributed by atoms with Gasteiger partial charge >= 0.3 is 0 Å². The van der Waals surface area contributed by atoms with Crippen LogP contribution in [0.1, 0.15) is 42.8 Å². The summed E-state index contributed by atoms with van der Waals surface area (Å²) in [5.41, 5.74) is 17.0. The molecule has 4 rings (SSSR count). The highest BCUT2D eigenvalue weighted by atomic mass is 15.2. The highest BCUT2D eigenvalue weighted by Crippen LogP contribution is 2.33. The van der Waals surface area contributed by atoms with Gasteiger partial charge in [0.15, 0.2) is 0 Å². The van der Waals surface area contributed by atoms with E-state index in [4.69, 9.17) is 16.5 Å². The maximum absolute atomic E-state index is 9.55. The first-order valence-electron chi connectivity index (χ1n) is 10.1. The van der Waals surface area contributed by atoms with Crippen molar-refractivity contribution in [2.24, 2.45) is 12.8 Å². The Morgan fingerprint density at radius 1 is 1.33 bits per heavy atom. The van der Waals surface area contributed by atoms with E-state index < -0.39 is 0 Å². The van der Waals surface area contributed by atoms with Crippen LogP contribution >= 0.6 is 0 Å². The Hall–Kier alpha value is -3.38. The van der Waals surface area contributed by atoms with Gasteiger partial charge in [-0.25, -0.2) is 9.97 Å². The second kappa shape index (κ2) is 7.80. The molecule has 4 heterocycles.